The first-order valence-electron chi connectivity index (χ1n) is 6.62. The first kappa shape index (κ1) is 10.6. The largest absolute Gasteiger partial charge is 0.361 e. The maximum absolute atomic E-state index is 12.2. The molecule has 0 saturated heterocycles. The van der Waals surface area contributed by atoms with E-state index in [2.05, 4.69) is 22.1 Å². The standard InChI is InChI=1S/C16H14N2O/c19-16(10-3-4-10)13-9-18-15-8-11(5-6-12(13)15)14-2-1-7-17-14/h1-2,5-10,17-18H,3-4H2. The maximum Gasteiger partial charge on any atom is 0.168 e. The van der Waals surface area contributed by atoms with Crippen molar-refractivity contribution >= 4 is 16.7 Å². The van der Waals surface area contributed by atoms with Gasteiger partial charge in [-0.25, -0.2) is 0 Å². The number of ketones is 1. The van der Waals surface area contributed by atoms with Gasteiger partial charge in [0.1, 0.15) is 0 Å². The lowest BCUT2D eigenvalue weighted by atomic mass is 10.0. The number of Topliss-reactive ketones (excluding diaryl/α,β-unsaturated/α-hetero) is 1. The lowest BCUT2D eigenvalue weighted by molar-refractivity contribution is 0.0969. The van der Waals surface area contributed by atoms with Crippen molar-refractivity contribution in [3.8, 4) is 11.3 Å². The summed E-state index contributed by atoms with van der Waals surface area (Å²) >= 11 is 0. The van der Waals surface area contributed by atoms with Crippen molar-refractivity contribution in [2.24, 2.45) is 5.92 Å². The maximum atomic E-state index is 12.2. The Morgan fingerprint density at radius 1 is 1.16 bits per heavy atom. The highest BCUT2D eigenvalue weighted by molar-refractivity contribution is 6.10. The van der Waals surface area contributed by atoms with Crippen LogP contribution in [0.5, 0.6) is 0 Å². The summed E-state index contributed by atoms with van der Waals surface area (Å²) in [5.74, 6) is 0.556. The number of rotatable bonds is 3. The molecule has 2 aromatic heterocycles. The molecule has 2 heterocycles. The number of nitrogens with one attached hydrogen (secondary N) is 2. The number of H-pyrrole nitrogens is 2. The van der Waals surface area contributed by atoms with Crippen LogP contribution >= 0.6 is 0 Å². The van der Waals surface area contributed by atoms with Crippen LogP contribution in [0.3, 0.4) is 0 Å². The van der Waals surface area contributed by atoms with Crippen LogP contribution in [0.15, 0.2) is 42.7 Å². The van der Waals surface area contributed by atoms with E-state index >= 15 is 0 Å². The van der Waals surface area contributed by atoms with Crippen molar-refractivity contribution in [1.82, 2.24) is 9.97 Å². The van der Waals surface area contributed by atoms with Crippen LogP contribution in [0.25, 0.3) is 22.2 Å². The van der Waals surface area contributed by atoms with Crippen LogP contribution < -0.4 is 0 Å². The minimum absolute atomic E-state index is 0.266. The molecule has 1 aliphatic carbocycles. The predicted octanol–water partition coefficient (Wildman–Crippen LogP) is 3.76. The summed E-state index contributed by atoms with van der Waals surface area (Å²) in [5, 5.41) is 1.03. The average molecular weight is 250 g/mol. The average Bonchev–Trinajstić information content (AvgIpc) is 2.99. The Morgan fingerprint density at radius 3 is 2.79 bits per heavy atom. The van der Waals surface area contributed by atoms with Gasteiger partial charge in [0.25, 0.3) is 0 Å². The number of benzene rings is 1. The van der Waals surface area contributed by atoms with Gasteiger partial charge in [0.15, 0.2) is 5.78 Å². The summed E-state index contributed by atoms with van der Waals surface area (Å²) in [6, 6.07) is 10.2. The molecule has 1 saturated carbocycles. The molecule has 3 heteroatoms. The normalized spacial score (nSPS) is 14.9. The fourth-order valence-electron chi connectivity index (χ4n) is 2.57. The molecular formula is C16H14N2O. The summed E-state index contributed by atoms with van der Waals surface area (Å²) in [6.45, 7) is 0. The molecule has 0 atom stereocenters. The first-order chi connectivity index (χ1) is 9.33. The number of hydrogen-bond acceptors (Lipinski definition) is 1. The molecule has 1 fully saturated rings. The van der Waals surface area contributed by atoms with Crippen molar-refractivity contribution in [3.63, 3.8) is 0 Å². The SMILES string of the molecule is O=C(c1c[nH]c2cc(-c3ccc[nH]3)ccc12)C1CC1. The molecule has 0 unspecified atom stereocenters. The molecule has 0 spiro atoms. The van der Waals surface area contributed by atoms with Crippen LogP contribution in [-0.2, 0) is 0 Å². The molecule has 3 nitrogen and oxygen atoms in total. The van der Waals surface area contributed by atoms with Crippen LogP contribution in [0.2, 0.25) is 0 Å². The van der Waals surface area contributed by atoms with Gasteiger partial charge >= 0.3 is 0 Å². The molecule has 3 aromatic rings. The number of hydrogen-bond donors (Lipinski definition) is 2. The molecular weight excluding hydrogens is 236 g/mol. The van der Waals surface area contributed by atoms with Gasteiger partial charge in [-0.2, -0.15) is 0 Å². The van der Waals surface area contributed by atoms with E-state index in [4.69, 9.17) is 0 Å². The van der Waals surface area contributed by atoms with E-state index < -0.39 is 0 Å². The van der Waals surface area contributed by atoms with Crippen molar-refractivity contribution < 1.29 is 4.79 Å². The number of carbonyl (C=O) groups excluding carboxylic acids is 1. The van der Waals surface area contributed by atoms with Crippen molar-refractivity contribution in [2.75, 3.05) is 0 Å². The second-order valence-corrected chi connectivity index (χ2v) is 5.19. The van der Waals surface area contributed by atoms with Gasteiger partial charge in [0.2, 0.25) is 0 Å². The Hall–Kier alpha value is -2.29. The van der Waals surface area contributed by atoms with E-state index in [0.29, 0.717) is 5.78 Å². The Bertz CT molecular complexity index is 748. The van der Waals surface area contributed by atoms with E-state index in [1.165, 1.54) is 0 Å². The third-order valence-electron chi connectivity index (χ3n) is 3.80. The highest BCUT2D eigenvalue weighted by atomic mass is 16.1. The molecule has 2 N–H and O–H groups in total. The molecule has 0 amide bonds. The van der Waals surface area contributed by atoms with Gasteiger partial charge in [-0.05, 0) is 31.0 Å². The second kappa shape index (κ2) is 3.85. The highest BCUT2D eigenvalue weighted by Crippen LogP contribution is 2.35. The molecule has 0 bridgehead atoms. The molecule has 19 heavy (non-hydrogen) atoms. The monoisotopic (exact) mass is 250 g/mol. The summed E-state index contributed by atoms with van der Waals surface area (Å²) in [6.07, 6.45) is 5.86. The Balaban J connectivity index is 1.81. The van der Waals surface area contributed by atoms with Gasteiger partial charge < -0.3 is 9.97 Å². The fourth-order valence-corrected chi connectivity index (χ4v) is 2.57. The van der Waals surface area contributed by atoms with Gasteiger partial charge in [-0.3, -0.25) is 4.79 Å². The molecule has 4 rings (SSSR count). The fraction of sp³-hybridized carbons (Fsp3) is 0.188. The second-order valence-electron chi connectivity index (χ2n) is 5.19. The number of aromatic nitrogens is 2. The third-order valence-corrected chi connectivity index (χ3v) is 3.80. The van der Waals surface area contributed by atoms with Gasteiger partial charge in [-0.15, -0.1) is 0 Å². The summed E-state index contributed by atoms with van der Waals surface area (Å²) in [5.41, 5.74) is 4.09. The van der Waals surface area contributed by atoms with E-state index in [-0.39, 0.29) is 5.92 Å². The highest BCUT2D eigenvalue weighted by Gasteiger charge is 2.31. The van der Waals surface area contributed by atoms with Crippen molar-refractivity contribution in [1.29, 1.82) is 0 Å². The molecule has 1 aromatic carbocycles. The molecule has 0 radical (unpaired) electrons. The molecule has 1 aliphatic rings. The summed E-state index contributed by atoms with van der Waals surface area (Å²) in [7, 11) is 0. The quantitative estimate of drug-likeness (QED) is 0.683. The van der Waals surface area contributed by atoms with Gasteiger partial charge in [-0.1, -0.05) is 12.1 Å². The Labute approximate surface area is 110 Å². The van der Waals surface area contributed by atoms with E-state index in [1.807, 2.05) is 30.6 Å². The van der Waals surface area contributed by atoms with E-state index in [1.54, 1.807) is 0 Å². The van der Waals surface area contributed by atoms with Crippen LogP contribution in [0, 0.1) is 5.92 Å². The number of fused-ring (bicyclic) bond motifs is 1. The van der Waals surface area contributed by atoms with Gasteiger partial charge in [0, 0.05) is 46.0 Å². The first-order valence-corrected chi connectivity index (χ1v) is 6.62. The van der Waals surface area contributed by atoms with Crippen LogP contribution in [-0.4, -0.2) is 15.8 Å². The topological polar surface area (TPSA) is 48.6 Å². The lowest BCUT2D eigenvalue weighted by Crippen LogP contribution is -1.99. The number of carbonyl (C=O) groups is 1. The van der Waals surface area contributed by atoms with Crippen molar-refractivity contribution in [2.45, 2.75) is 12.8 Å². The minimum Gasteiger partial charge on any atom is -0.361 e. The van der Waals surface area contributed by atoms with E-state index in [9.17, 15) is 4.79 Å². The minimum atomic E-state index is 0.266. The van der Waals surface area contributed by atoms with E-state index in [0.717, 1.165) is 40.6 Å². The smallest absolute Gasteiger partial charge is 0.168 e. The predicted molar refractivity (Wildman–Crippen MR) is 75.1 cm³/mol. The number of aromatic amines is 2. The zero-order valence-electron chi connectivity index (χ0n) is 10.4. The third kappa shape index (κ3) is 1.70. The van der Waals surface area contributed by atoms with Crippen molar-refractivity contribution in [3.05, 3.63) is 48.3 Å². The summed E-state index contributed by atoms with van der Waals surface area (Å²) < 4.78 is 0. The Morgan fingerprint density at radius 2 is 2.05 bits per heavy atom. The van der Waals surface area contributed by atoms with Crippen LogP contribution in [0.1, 0.15) is 23.2 Å². The van der Waals surface area contributed by atoms with Gasteiger partial charge in [0.05, 0.1) is 0 Å². The molecule has 94 valence electrons. The lowest BCUT2D eigenvalue weighted by Gasteiger charge is -2.00. The molecule has 0 aliphatic heterocycles. The Kier molecular flexibility index (Phi) is 2.15. The zero-order valence-corrected chi connectivity index (χ0v) is 10.4. The summed E-state index contributed by atoms with van der Waals surface area (Å²) in [4.78, 5) is 18.6. The zero-order chi connectivity index (χ0) is 12.8. The van der Waals surface area contributed by atoms with Crippen LogP contribution in [0.4, 0.5) is 0 Å².